The van der Waals surface area contributed by atoms with E-state index < -0.39 is 6.17 Å². The number of aromatic nitrogens is 3. The van der Waals surface area contributed by atoms with Gasteiger partial charge >= 0.3 is 0 Å². The summed E-state index contributed by atoms with van der Waals surface area (Å²) >= 11 is 0. The topological polar surface area (TPSA) is 51.0 Å². The predicted molar refractivity (Wildman–Crippen MR) is 112 cm³/mol. The average Bonchev–Trinajstić information content (AvgIpc) is 3.14. The summed E-state index contributed by atoms with van der Waals surface area (Å²) in [4.78, 5) is 19.4. The van der Waals surface area contributed by atoms with Gasteiger partial charge in [0, 0.05) is 55.0 Å². The zero-order valence-corrected chi connectivity index (χ0v) is 17.0. The number of Topliss-reactive ketones (excluding diaryl/α,β-unsaturated/α-hetero) is 1. The highest BCUT2D eigenvalue weighted by Gasteiger charge is 2.25. The number of rotatable bonds is 6. The predicted octanol–water partition coefficient (Wildman–Crippen LogP) is 3.82. The fraction of sp³-hybridized carbons (Fsp3) is 0.435. The largest absolute Gasteiger partial charge is 0.300 e. The van der Waals surface area contributed by atoms with Crippen LogP contribution in [0.5, 0.6) is 0 Å². The van der Waals surface area contributed by atoms with Crippen molar-refractivity contribution in [2.45, 2.75) is 32.4 Å². The molecule has 1 aromatic carbocycles. The molecule has 0 radical (unpaired) electrons. The van der Waals surface area contributed by atoms with Gasteiger partial charge < -0.3 is 4.90 Å². The summed E-state index contributed by atoms with van der Waals surface area (Å²) in [7, 11) is 1.90. The van der Waals surface area contributed by atoms with Crippen LogP contribution in [0.25, 0.3) is 21.9 Å². The van der Waals surface area contributed by atoms with Crippen LogP contribution in [0.1, 0.15) is 25.5 Å². The van der Waals surface area contributed by atoms with E-state index in [-0.39, 0.29) is 11.7 Å². The van der Waals surface area contributed by atoms with Gasteiger partial charge in [-0.3, -0.25) is 14.5 Å². The molecule has 0 aliphatic carbocycles. The Hall–Kier alpha value is -2.60. The molecule has 1 aliphatic rings. The molecule has 1 saturated heterocycles. The van der Waals surface area contributed by atoms with Crippen molar-refractivity contribution in [1.29, 1.82) is 0 Å². The zero-order valence-electron chi connectivity index (χ0n) is 17.0. The third-order valence-corrected chi connectivity index (χ3v) is 5.72. The van der Waals surface area contributed by atoms with Crippen molar-refractivity contribution >= 4 is 16.6 Å². The molecule has 3 aromatic rings. The lowest BCUT2D eigenvalue weighted by Crippen LogP contribution is -2.39. The van der Waals surface area contributed by atoms with Crippen molar-refractivity contribution in [3.63, 3.8) is 0 Å². The molecule has 5 nitrogen and oxygen atoms in total. The van der Waals surface area contributed by atoms with Crippen LogP contribution in [0.2, 0.25) is 0 Å². The van der Waals surface area contributed by atoms with Gasteiger partial charge in [0.05, 0.1) is 6.20 Å². The van der Waals surface area contributed by atoms with Crippen molar-refractivity contribution in [3.05, 3.63) is 48.5 Å². The second-order valence-corrected chi connectivity index (χ2v) is 8.14. The van der Waals surface area contributed by atoms with E-state index in [9.17, 15) is 9.18 Å². The summed E-state index contributed by atoms with van der Waals surface area (Å²) in [6.07, 6.45) is 6.84. The number of aryl methyl sites for hydroxylation is 1. The highest BCUT2D eigenvalue weighted by molar-refractivity contribution is 5.88. The first-order valence-corrected chi connectivity index (χ1v) is 10.2. The van der Waals surface area contributed by atoms with Crippen LogP contribution in [0.15, 0.2) is 42.9 Å². The molecule has 0 unspecified atom stereocenters. The van der Waals surface area contributed by atoms with Crippen LogP contribution < -0.4 is 0 Å². The van der Waals surface area contributed by atoms with Crippen molar-refractivity contribution in [2.75, 3.05) is 19.6 Å². The van der Waals surface area contributed by atoms with E-state index in [1.807, 2.05) is 31.7 Å². The fourth-order valence-corrected chi connectivity index (χ4v) is 4.15. The minimum atomic E-state index is -0.819. The lowest BCUT2D eigenvalue weighted by atomic mass is 9.90. The number of ketones is 1. The number of carbonyl (C=O) groups is 1. The number of piperidine rings is 1. The lowest BCUT2D eigenvalue weighted by molar-refractivity contribution is -0.123. The number of alkyl halides is 1. The molecule has 0 N–H and O–H groups in total. The normalized spacial score (nSPS) is 16.9. The van der Waals surface area contributed by atoms with E-state index in [2.05, 4.69) is 33.2 Å². The fourth-order valence-electron chi connectivity index (χ4n) is 4.15. The third kappa shape index (κ3) is 4.70. The van der Waals surface area contributed by atoms with Crippen LogP contribution in [-0.2, 0) is 18.3 Å². The van der Waals surface area contributed by atoms with E-state index in [0.717, 1.165) is 53.5 Å². The number of carbonyl (C=O) groups excluding carboxylic acids is 1. The number of hydrogen-bond acceptors (Lipinski definition) is 4. The Morgan fingerprint density at radius 1 is 1.17 bits per heavy atom. The summed E-state index contributed by atoms with van der Waals surface area (Å²) in [5.41, 5.74) is 2.98. The third-order valence-electron chi connectivity index (χ3n) is 5.72. The van der Waals surface area contributed by atoms with E-state index in [0.29, 0.717) is 13.0 Å². The summed E-state index contributed by atoms with van der Waals surface area (Å²) in [6, 6.07) is 8.27. The van der Waals surface area contributed by atoms with Gasteiger partial charge in [0.25, 0.3) is 0 Å². The molecule has 0 saturated carbocycles. The van der Waals surface area contributed by atoms with Crippen molar-refractivity contribution in [1.82, 2.24) is 19.7 Å². The van der Waals surface area contributed by atoms with Gasteiger partial charge in [-0.1, -0.05) is 12.1 Å². The highest BCUT2D eigenvalue weighted by atomic mass is 19.1. The van der Waals surface area contributed by atoms with Gasteiger partial charge in [0.15, 0.2) is 0 Å². The molecule has 1 aliphatic heterocycles. The minimum absolute atomic E-state index is 0.0559. The van der Waals surface area contributed by atoms with E-state index in [1.54, 1.807) is 11.6 Å². The molecule has 0 amide bonds. The molecule has 152 valence electrons. The smallest absolute Gasteiger partial charge is 0.142 e. The van der Waals surface area contributed by atoms with E-state index >= 15 is 0 Å². The van der Waals surface area contributed by atoms with Crippen LogP contribution in [0.3, 0.4) is 0 Å². The summed E-state index contributed by atoms with van der Waals surface area (Å²) in [5.74, 6) is 0.300. The second kappa shape index (κ2) is 8.41. The molecule has 4 rings (SSSR count). The molecule has 29 heavy (non-hydrogen) atoms. The standard InChI is InChI=1S/C23H27FN4O/c1-16(24)14-28-7-5-17(6-8-28)23(29)11-22-10-20-9-18(3-4-19(20)12-25-22)21-13-26-27(2)15-21/h3-4,9-10,12-13,15-17H,5-8,11,14H2,1-2H3/t16-/m0/s1. The van der Waals surface area contributed by atoms with Gasteiger partial charge in [0.1, 0.15) is 12.0 Å². The SMILES string of the molecule is C[C@H](F)CN1CCC(C(=O)Cc2cc3cc(-c4cnn(C)c4)ccc3cn2)CC1. The molecule has 1 fully saturated rings. The molecular formula is C23H27FN4O. The van der Waals surface area contributed by atoms with Crippen LogP contribution in [-0.4, -0.2) is 51.3 Å². The summed E-state index contributed by atoms with van der Waals surface area (Å²) < 4.78 is 15.0. The monoisotopic (exact) mass is 394 g/mol. The van der Waals surface area contributed by atoms with Gasteiger partial charge in [-0.05, 0) is 55.9 Å². The maximum absolute atomic E-state index is 13.2. The van der Waals surface area contributed by atoms with Crippen LogP contribution >= 0.6 is 0 Å². The number of pyridine rings is 1. The molecule has 6 heteroatoms. The minimum Gasteiger partial charge on any atom is -0.300 e. The molecule has 2 aromatic heterocycles. The van der Waals surface area contributed by atoms with E-state index in [4.69, 9.17) is 0 Å². The van der Waals surface area contributed by atoms with Gasteiger partial charge in [-0.15, -0.1) is 0 Å². The Morgan fingerprint density at radius 3 is 2.66 bits per heavy atom. The van der Waals surface area contributed by atoms with E-state index in [1.165, 1.54) is 0 Å². The van der Waals surface area contributed by atoms with Gasteiger partial charge in [0.2, 0.25) is 0 Å². The molecule has 0 bridgehead atoms. The summed E-state index contributed by atoms with van der Waals surface area (Å²) in [6.45, 7) is 3.64. The highest BCUT2D eigenvalue weighted by Crippen LogP contribution is 2.25. The number of halogens is 1. The van der Waals surface area contributed by atoms with Crippen LogP contribution in [0, 0.1) is 5.92 Å². The average molecular weight is 394 g/mol. The number of benzene rings is 1. The first-order valence-electron chi connectivity index (χ1n) is 10.2. The first kappa shape index (κ1) is 19.7. The Kier molecular flexibility index (Phi) is 5.72. The van der Waals surface area contributed by atoms with Crippen molar-refractivity contribution in [2.24, 2.45) is 13.0 Å². The Bertz CT molecular complexity index is 1010. The maximum Gasteiger partial charge on any atom is 0.142 e. The lowest BCUT2D eigenvalue weighted by Gasteiger charge is -2.31. The Balaban J connectivity index is 1.44. The molecular weight excluding hydrogens is 367 g/mol. The van der Waals surface area contributed by atoms with Crippen molar-refractivity contribution in [3.8, 4) is 11.1 Å². The maximum atomic E-state index is 13.2. The number of nitrogens with zero attached hydrogens (tertiary/aromatic N) is 4. The second-order valence-electron chi connectivity index (χ2n) is 8.14. The quantitative estimate of drug-likeness (QED) is 0.638. The van der Waals surface area contributed by atoms with Gasteiger partial charge in [-0.2, -0.15) is 5.10 Å². The first-order chi connectivity index (χ1) is 14.0. The molecule has 3 heterocycles. The number of fused-ring (bicyclic) bond motifs is 1. The van der Waals surface area contributed by atoms with Crippen LogP contribution in [0.4, 0.5) is 4.39 Å². The van der Waals surface area contributed by atoms with Crippen molar-refractivity contribution < 1.29 is 9.18 Å². The Labute approximate surface area is 170 Å². The zero-order chi connectivity index (χ0) is 20.4. The molecule has 1 atom stereocenters. The van der Waals surface area contributed by atoms with Gasteiger partial charge in [-0.25, -0.2) is 4.39 Å². The number of hydrogen-bond donors (Lipinski definition) is 0. The molecule has 0 spiro atoms. The Morgan fingerprint density at radius 2 is 1.97 bits per heavy atom. The number of likely N-dealkylation sites (tertiary alicyclic amines) is 1. The summed E-state index contributed by atoms with van der Waals surface area (Å²) in [5, 5.41) is 6.38.